The maximum absolute atomic E-state index is 5.99. The molecule has 2 rings (SSSR count). The summed E-state index contributed by atoms with van der Waals surface area (Å²) in [7, 11) is 0. The molecule has 1 unspecified atom stereocenters. The lowest BCUT2D eigenvalue weighted by Crippen LogP contribution is -2.46. The first-order chi connectivity index (χ1) is 10.2. The van der Waals surface area contributed by atoms with E-state index in [1.165, 1.54) is 38.3 Å². The third-order valence-corrected chi connectivity index (χ3v) is 4.62. The molecule has 1 aromatic carbocycles. The van der Waals surface area contributed by atoms with Gasteiger partial charge in [-0.15, -0.1) is 0 Å². The van der Waals surface area contributed by atoms with Gasteiger partial charge in [0.05, 0.1) is 0 Å². The van der Waals surface area contributed by atoms with Crippen molar-refractivity contribution >= 4 is 11.6 Å². The zero-order valence-corrected chi connectivity index (χ0v) is 14.1. The van der Waals surface area contributed by atoms with E-state index >= 15 is 0 Å². The van der Waals surface area contributed by atoms with Crippen molar-refractivity contribution < 1.29 is 0 Å². The summed E-state index contributed by atoms with van der Waals surface area (Å²) < 4.78 is 0. The molecule has 1 saturated heterocycles. The van der Waals surface area contributed by atoms with Crippen molar-refractivity contribution in [1.82, 2.24) is 15.1 Å². The number of rotatable bonds is 7. The molecule has 0 saturated carbocycles. The van der Waals surface area contributed by atoms with Gasteiger partial charge in [-0.3, -0.25) is 0 Å². The number of benzene rings is 1. The van der Waals surface area contributed by atoms with Crippen LogP contribution >= 0.6 is 11.6 Å². The Morgan fingerprint density at radius 2 is 1.67 bits per heavy atom. The average molecular weight is 310 g/mol. The minimum atomic E-state index is 0.427. The zero-order valence-electron chi connectivity index (χ0n) is 13.3. The van der Waals surface area contributed by atoms with Crippen LogP contribution in [-0.2, 0) is 0 Å². The molecule has 3 nitrogen and oxygen atoms in total. The lowest BCUT2D eigenvalue weighted by atomic mass is 10.0. The number of hydrogen-bond donors (Lipinski definition) is 1. The average Bonchev–Trinajstić information content (AvgIpc) is 2.53. The molecule has 1 atom stereocenters. The molecule has 1 fully saturated rings. The lowest BCUT2D eigenvalue weighted by Gasteiger charge is -2.34. The quantitative estimate of drug-likeness (QED) is 0.835. The Balaban J connectivity index is 1.84. The van der Waals surface area contributed by atoms with Crippen molar-refractivity contribution in [2.45, 2.75) is 26.3 Å². The third kappa shape index (κ3) is 5.26. The summed E-state index contributed by atoms with van der Waals surface area (Å²) in [6, 6.07) is 8.69. The molecule has 1 aliphatic heterocycles. The van der Waals surface area contributed by atoms with Crippen LogP contribution in [0, 0.1) is 0 Å². The van der Waals surface area contributed by atoms with Gasteiger partial charge in [0, 0.05) is 43.8 Å². The lowest BCUT2D eigenvalue weighted by molar-refractivity contribution is 0.133. The Kier molecular flexibility index (Phi) is 6.97. The monoisotopic (exact) mass is 309 g/mol. The number of hydrogen-bond acceptors (Lipinski definition) is 3. The standard InChI is InChI=1S/C17H28ClN3/c1-3-19-17(15-5-7-16(18)8-6-15)9-10-21-13-11-20(4-2)12-14-21/h5-8,17,19H,3-4,9-14H2,1-2H3. The van der Waals surface area contributed by atoms with Crippen LogP contribution in [-0.4, -0.2) is 55.6 Å². The van der Waals surface area contributed by atoms with Crippen LogP contribution in [0.3, 0.4) is 0 Å². The highest BCUT2D eigenvalue weighted by atomic mass is 35.5. The minimum absolute atomic E-state index is 0.427. The van der Waals surface area contributed by atoms with E-state index in [-0.39, 0.29) is 0 Å². The van der Waals surface area contributed by atoms with Crippen molar-refractivity contribution in [2.75, 3.05) is 45.8 Å². The molecular formula is C17H28ClN3. The Morgan fingerprint density at radius 1 is 1.05 bits per heavy atom. The van der Waals surface area contributed by atoms with E-state index in [9.17, 15) is 0 Å². The van der Waals surface area contributed by atoms with E-state index in [1.54, 1.807) is 0 Å². The summed E-state index contributed by atoms with van der Waals surface area (Å²) in [5, 5.41) is 4.41. The number of piperazine rings is 1. The Morgan fingerprint density at radius 3 is 2.24 bits per heavy atom. The fourth-order valence-corrected chi connectivity index (χ4v) is 3.09. The topological polar surface area (TPSA) is 18.5 Å². The van der Waals surface area contributed by atoms with Crippen molar-refractivity contribution in [3.05, 3.63) is 34.9 Å². The van der Waals surface area contributed by atoms with E-state index in [0.29, 0.717) is 6.04 Å². The van der Waals surface area contributed by atoms with Gasteiger partial charge < -0.3 is 15.1 Å². The van der Waals surface area contributed by atoms with Gasteiger partial charge >= 0.3 is 0 Å². The van der Waals surface area contributed by atoms with Crippen LogP contribution in [0.4, 0.5) is 0 Å². The highest BCUT2D eigenvalue weighted by molar-refractivity contribution is 6.30. The summed E-state index contributed by atoms with van der Waals surface area (Å²) in [6.45, 7) is 12.6. The van der Waals surface area contributed by atoms with E-state index in [0.717, 1.165) is 24.5 Å². The van der Waals surface area contributed by atoms with Crippen molar-refractivity contribution in [3.63, 3.8) is 0 Å². The van der Waals surface area contributed by atoms with Gasteiger partial charge in [-0.25, -0.2) is 0 Å². The van der Waals surface area contributed by atoms with Gasteiger partial charge in [0.25, 0.3) is 0 Å². The SMILES string of the molecule is CCNC(CCN1CCN(CC)CC1)c1ccc(Cl)cc1. The van der Waals surface area contributed by atoms with Gasteiger partial charge in [-0.2, -0.15) is 0 Å². The van der Waals surface area contributed by atoms with Gasteiger partial charge in [-0.1, -0.05) is 37.6 Å². The maximum atomic E-state index is 5.99. The number of halogens is 1. The minimum Gasteiger partial charge on any atom is -0.310 e. The van der Waals surface area contributed by atoms with Crippen LogP contribution in [0.1, 0.15) is 31.9 Å². The third-order valence-electron chi connectivity index (χ3n) is 4.37. The van der Waals surface area contributed by atoms with Crippen LogP contribution < -0.4 is 5.32 Å². The smallest absolute Gasteiger partial charge is 0.0406 e. The van der Waals surface area contributed by atoms with E-state index < -0.39 is 0 Å². The summed E-state index contributed by atoms with van der Waals surface area (Å²) >= 11 is 5.99. The largest absolute Gasteiger partial charge is 0.310 e. The van der Waals surface area contributed by atoms with Crippen molar-refractivity contribution in [3.8, 4) is 0 Å². The summed E-state index contributed by atoms with van der Waals surface area (Å²) in [4.78, 5) is 5.11. The molecule has 0 bridgehead atoms. The first kappa shape index (κ1) is 16.8. The van der Waals surface area contributed by atoms with Crippen LogP contribution in [0.2, 0.25) is 5.02 Å². The normalized spacial score (nSPS) is 18.8. The molecule has 21 heavy (non-hydrogen) atoms. The van der Waals surface area contributed by atoms with Gasteiger partial charge in [0.1, 0.15) is 0 Å². The molecule has 1 aromatic rings. The number of nitrogens with zero attached hydrogens (tertiary/aromatic N) is 2. The maximum Gasteiger partial charge on any atom is 0.0406 e. The highest BCUT2D eigenvalue weighted by Gasteiger charge is 2.17. The van der Waals surface area contributed by atoms with Gasteiger partial charge in [-0.05, 0) is 37.2 Å². The van der Waals surface area contributed by atoms with Crippen molar-refractivity contribution in [2.24, 2.45) is 0 Å². The van der Waals surface area contributed by atoms with Gasteiger partial charge in [0.2, 0.25) is 0 Å². The fourth-order valence-electron chi connectivity index (χ4n) is 2.97. The van der Waals surface area contributed by atoms with Crippen LogP contribution in [0.25, 0.3) is 0 Å². The summed E-state index contributed by atoms with van der Waals surface area (Å²) in [6.07, 6.45) is 1.15. The Bertz CT molecular complexity index is 399. The first-order valence-corrected chi connectivity index (χ1v) is 8.54. The fraction of sp³-hybridized carbons (Fsp3) is 0.647. The first-order valence-electron chi connectivity index (χ1n) is 8.16. The predicted octanol–water partition coefficient (Wildman–Crippen LogP) is 3.02. The van der Waals surface area contributed by atoms with E-state index in [2.05, 4.69) is 41.1 Å². The number of nitrogens with one attached hydrogen (secondary N) is 1. The molecule has 1 aliphatic rings. The van der Waals surface area contributed by atoms with Gasteiger partial charge in [0.15, 0.2) is 0 Å². The van der Waals surface area contributed by atoms with Crippen molar-refractivity contribution in [1.29, 1.82) is 0 Å². The molecule has 1 N–H and O–H groups in total. The summed E-state index contributed by atoms with van der Waals surface area (Å²) in [5.74, 6) is 0. The van der Waals surface area contributed by atoms with E-state index in [1.807, 2.05) is 12.1 Å². The zero-order chi connectivity index (χ0) is 15.1. The summed E-state index contributed by atoms with van der Waals surface area (Å²) in [5.41, 5.74) is 1.34. The number of likely N-dealkylation sites (N-methyl/N-ethyl adjacent to an activating group) is 1. The molecule has 0 amide bonds. The second-order valence-corrected chi connectivity index (χ2v) is 6.16. The van der Waals surface area contributed by atoms with Crippen LogP contribution in [0.5, 0.6) is 0 Å². The van der Waals surface area contributed by atoms with E-state index in [4.69, 9.17) is 11.6 Å². The molecule has 0 aromatic heterocycles. The molecule has 0 aliphatic carbocycles. The highest BCUT2D eigenvalue weighted by Crippen LogP contribution is 2.20. The molecule has 4 heteroatoms. The molecular weight excluding hydrogens is 282 g/mol. The molecule has 0 spiro atoms. The van der Waals surface area contributed by atoms with Crippen LogP contribution in [0.15, 0.2) is 24.3 Å². The predicted molar refractivity (Wildman–Crippen MR) is 91.0 cm³/mol. The molecule has 1 heterocycles. The second-order valence-electron chi connectivity index (χ2n) is 5.73. The second kappa shape index (κ2) is 8.74. The molecule has 0 radical (unpaired) electrons. The molecule has 118 valence electrons. The Hall–Kier alpha value is -0.610. The Labute approximate surface area is 134 Å².